The number of carboxylic acid groups (broad SMARTS) is 2. The van der Waals surface area contributed by atoms with E-state index in [1.165, 1.54) is 7.11 Å². The summed E-state index contributed by atoms with van der Waals surface area (Å²) in [7, 11) is 2.90. The van der Waals surface area contributed by atoms with Crippen LogP contribution in [0.4, 0.5) is 10.7 Å². The standard InChI is InChI=1S/C16H19N3O4.CH5N3.CH2O3/c1-9-12(15(21)19-16(17)18-9)8-11-6-10(7-14(20)23-3)4-5-13(11)22-2;2*2-1(3)4/h4-6H,7-8H2,1-3H3,(H3,17,18,19,21);(H5,2,3,4);(H2,2,3,4). The van der Waals surface area contributed by atoms with Gasteiger partial charge in [-0.1, -0.05) is 12.1 Å². The number of nitrogen functional groups attached to an aromatic ring is 1. The highest BCUT2D eigenvalue weighted by Crippen LogP contribution is 2.23. The third-order valence-corrected chi connectivity index (χ3v) is 3.53. The maximum atomic E-state index is 12.1. The Bertz CT molecular complexity index is 954. The zero-order valence-electron chi connectivity index (χ0n) is 17.3. The van der Waals surface area contributed by atoms with Gasteiger partial charge >= 0.3 is 12.1 Å². The number of aromatic nitrogens is 2. The molecular formula is C18H26N6O7. The van der Waals surface area contributed by atoms with Gasteiger partial charge in [0.05, 0.1) is 26.3 Å². The van der Waals surface area contributed by atoms with Gasteiger partial charge in [0.1, 0.15) is 5.75 Å². The molecule has 0 unspecified atom stereocenters. The van der Waals surface area contributed by atoms with E-state index in [0.29, 0.717) is 23.4 Å². The Labute approximate surface area is 177 Å². The Morgan fingerprint density at radius 1 is 1.23 bits per heavy atom. The Morgan fingerprint density at radius 3 is 2.23 bits per heavy atom. The number of nitrogens with one attached hydrogen (secondary N) is 2. The van der Waals surface area contributed by atoms with Crippen LogP contribution < -0.4 is 27.5 Å². The van der Waals surface area contributed by atoms with E-state index >= 15 is 0 Å². The molecule has 0 aliphatic heterocycles. The molecule has 0 saturated carbocycles. The molecule has 0 spiro atoms. The molecule has 1 heterocycles. The highest BCUT2D eigenvalue weighted by Gasteiger charge is 2.13. The highest BCUT2D eigenvalue weighted by atomic mass is 16.6. The van der Waals surface area contributed by atoms with Crippen molar-refractivity contribution in [1.82, 2.24) is 9.97 Å². The Kier molecular flexibility index (Phi) is 11.2. The van der Waals surface area contributed by atoms with Gasteiger partial charge in [-0.3, -0.25) is 20.0 Å². The lowest BCUT2D eigenvalue weighted by atomic mass is 10.0. The van der Waals surface area contributed by atoms with Gasteiger partial charge in [-0.15, -0.1) is 0 Å². The van der Waals surface area contributed by atoms with Gasteiger partial charge < -0.3 is 36.9 Å². The highest BCUT2D eigenvalue weighted by molar-refractivity contribution is 5.72. The number of hydrogen-bond acceptors (Lipinski definition) is 8. The average Bonchev–Trinajstić information content (AvgIpc) is 2.63. The third kappa shape index (κ3) is 10.7. The van der Waals surface area contributed by atoms with Crippen molar-refractivity contribution in [3.63, 3.8) is 0 Å². The number of anilines is 1. The summed E-state index contributed by atoms with van der Waals surface area (Å²) in [5.41, 5.74) is 16.8. The molecule has 0 saturated heterocycles. The molecule has 0 aliphatic carbocycles. The minimum Gasteiger partial charge on any atom is -0.496 e. The van der Waals surface area contributed by atoms with Gasteiger partial charge in [0.15, 0.2) is 5.96 Å². The van der Waals surface area contributed by atoms with E-state index in [0.717, 1.165) is 11.1 Å². The van der Waals surface area contributed by atoms with Crippen molar-refractivity contribution in [2.75, 3.05) is 20.0 Å². The first-order valence-corrected chi connectivity index (χ1v) is 8.50. The molecule has 170 valence electrons. The summed E-state index contributed by atoms with van der Waals surface area (Å²) in [6.45, 7) is 1.73. The topological polar surface area (TPSA) is 241 Å². The van der Waals surface area contributed by atoms with Crippen molar-refractivity contribution < 1.29 is 29.3 Å². The Balaban J connectivity index is 0.000000967. The molecule has 0 bridgehead atoms. The van der Waals surface area contributed by atoms with Gasteiger partial charge in [0.2, 0.25) is 5.95 Å². The number of ether oxygens (including phenoxy) is 2. The Morgan fingerprint density at radius 2 is 1.77 bits per heavy atom. The summed E-state index contributed by atoms with van der Waals surface area (Å²) in [6, 6.07) is 5.38. The zero-order valence-corrected chi connectivity index (χ0v) is 17.3. The number of esters is 1. The number of nitrogens with zero attached hydrogens (tertiary/aromatic N) is 1. The van der Waals surface area contributed by atoms with Crippen LogP contribution in [0, 0.1) is 12.3 Å². The van der Waals surface area contributed by atoms with E-state index in [1.807, 2.05) is 6.07 Å². The number of carbonyl (C=O) groups excluding carboxylic acids is 1. The van der Waals surface area contributed by atoms with E-state index in [4.69, 9.17) is 30.9 Å². The summed E-state index contributed by atoms with van der Waals surface area (Å²) < 4.78 is 10.0. The molecule has 0 amide bonds. The molecule has 10 N–H and O–H groups in total. The monoisotopic (exact) mass is 438 g/mol. The first-order chi connectivity index (χ1) is 14.4. The molecular weight excluding hydrogens is 412 g/mol. The lowest BCUT2D eigenvalue weighted by Crippen LogP contribution is -2.20. The van der Waals surface area contributed by atoms with Crippen LogP contribution >= 0.6 is 0 Å². The second-order valence-corrected chi connectivity index (χ2v) is 5.83. The van der Waals surface area contributed by atoms with E-state index in [1.54, 1.807) is 26.2 Å². The van der Waals surface area contributed by atoms with Gasteiger partial charge in [-0.05, 0) is 24.1 Å². The van der Waals surface area contributed by atoms with Gasteiger partial charge in [0, 0.05) is 12.0 Å². The number of aromatic amines is 1. The van der Waals surface area contributed by atoms with Crippen LogP contribution in [0.15, 0.2) is 23.0 Å². The molecule has 0 atom stereocenters. The molecule has 0 radical (unpaired) electrons. The van der Waals surface area contributed by atoms with Crippen LogP contribution in [0.3, 0.4) is 0 Å². The van der Waals surface area contributed by atoms with E-state index in [9.17, 15) is 9.59 Å². The maximum Gasteiger partial charge on any atom is 0.503 e. The third-order valence-electron chi connectivity index (χ3n) is 3.53. The fraction of sp³-hybridized carbons (Fsp3) is 0.278. The first kappa shape index (κ1) is 26.7. The van der Waals surface area contributed by atoms with Crippen molar-refractivity contribution in [3.05, 3.63) is 50.9 Å². The average molecular weight is 438 g/mol. The Hall–Kier alpha value is -4.29. The second kappa shape index (κ2) is 13.0. The summed E-state index contributed by atoms with van der Waals surface area (Å²) in [5, 5.41) is 20.0. The maximum absolute atomic E-state index is 12.1. The predicted octanol–water partition coefficient (Wildman–Crippen LogP) is 0.0364. The van der Waals surface area contributed by atoms with Crippen LogP contribution in [0.5, 0.6) is 5.75 Å². The molecule has 0 fully saturated rings. The van der Waals surface area contributed by atoms with Gasteiger partial charge in [0.25, 0.3) is 5.56 Å². The fourth-order valence-corrected chi connectivity index (χ4v) is 2.35. The molecule has 1 aromatic carbocycles. The van der Waals surface area contributed by atoms with Gasteiger partial charge in [-0.2, -0.15) is 0 Å². The van der Waals surface area contributed by atoms with Crippen LogP contribution in [0.25, 0.3) is 0 Å². The number of hydrogen-bond donors (Lipinski definition) is 7. The molecule has 1 aromatic heterocycles. The fourth-order valence-electron chi connectivity index (χ4n) is 2.35. The quantitative estimate of drug-likeness (QED) is 0.186. The largest absolute Gasteiger partial charge is 0.503 e. The molecule has 13 nitrogen and oxygen atoms in total. The summed E-state index contributed by atoms with van der Waals surface area (Å²) in [5.74, 6) is 0.0567. The number of H-pyrrole nitrogens is 1. The molecule has 2 aromatic rings. The number of carbonyl (C=O) groups is 2. The first-order valence-electron chi connectivity index (χ1n) is 8.50. The lowest BCUT2D eigenvalue weighted by Gasteiger charge is -2.11. The number of nitrogens with two attached hydrogens (primary N) is 3. The molecule has 0 aliphatic rings. The minimum atomic E-state index is -1.83. The predicted molar refractivity (Wildman–Crippen MR) is 112 cm³/mol. The van der Waals surface area contributed by atoms with Crippen molar-refractivity contribution in [3.8, 4) is 5.75 Å². The van der Waals surface area contributed by atoms with Crippen LogP contribution in [0.2, 0.25) is 0 Å². The molecule has 13 heteroatoms. The smallest absolute Gasteiger partial charge is 0.496 e. The van der Waals surface area contributed by atoms with Crippen molar-refractivity contribution in [2.45, 2.75) is 19.8 Å². The van der Waals surface area contributed by atoms with Crippen LogP contribution in [-0.2, 0) is 22.4 Å². The number of methoxy groups -OCH3 is 2. The van der Waals surface area contributed by atoms with Crippen molar-refractivity contribution in [2.24, 2.45) is 11.5 Å². The molecule has 2 rings (SSSR count). The number of rotatable bonds is 5. The summed E-state index contributed by atoms with van der Waals surface area (Å²) in [6.07, 6.45) is -1.35. The van der Waals surface area contributed by atoms with E-state index in [-0.39, 0.29) is 29.9 Å². The van der Waals surface area contributed by atoms with Crippen LogP contribution in [-0.4, -0.2) is 52.5 Å². The van der Waals surface area contributed by atoms with Crippen molar-refractivity contribution >= 4 is 24.0 Å². The zero-order chi connectivity index (χ0) is 24.1. The minimum absolute atomic E-state index is 0.0858. The van der Waals surface area contributed by atoms with Crippen molar-refractivity contribution in [1.29, 1.82) is 5.41 Å². The van der Waals surface area contributed by atoms with E-state index in [2.05, 4.69) is 26.2 Å². The normalized spacial score (nSPS) is 9.26. The second-order valence-electron chi connectivity index (χ2n) is 5.83. The SMILES string of the molecule is COC(=O)Cc1ccc(OC)c(Cc2c(C)nc(N)[nH]c2=O)c1.N=C(N)N.O=C(O)O. The number of benzene rings is 1. The number of guanidine groups is 1. The van der Waals surface area contributed by atoms with Crippen LogP contribution in [0.1, 0.15) is 22.4 Å². The van der Waals surface area contributed by atoms with E-state index < -0.39 is 6.16 Å². The number of aryl methyl sites for hydroxylation is 1. The molecule has 31 heavy (non-hydrogen) atoms. The summed E-state index contributed by atoms with van der Waals surface area (Å²) in [4.78, 5) is 38.6. The van der Waals surface area contributed by atoms with Gasteiger partial charge in [-0.25, -0.2) is 9.78 Å². The lowest BCUT2D eigenvalue weighted by molar-refractivity contribution is -0.139. The summed E-state index contributed by atoms with van der Waals surface area (Å²) >= 11 is 0.